The Hall–Kier alpha value is -3.95. The summed E-state index contributed by atoms with van der Waals surface area (Å²) in [4.78, 5) is 30.1. The minimum Gasteiger partial charge on any atom is -0.352 e. The minimum absolute atomic E-state index is 0.0824. The zero-order chi connectivity index (χ0) is 32.6. The first-order chi connectivity index (χ1) is 21.5. The van der Waals surface area contributed by atoms with Crippen molar-refractivity contribution in [1.29, 1.82) is 0 Å². The number of carbonyl (C=O) groups is 2. The Morgan fingerprint density at radius 2 is 1.44 bits per heavy atom. The zero-order valence-electron chi connectivity index (χ0n) is 26.1. The minimum atomic E-state index is -4.15. The van der Waals surface area contributed by atoms with Gasteiger partial charge in [0.25, 0.3) is 10.0 Å². The first-order valence-electron chi connectivity index (χ1n) is 15.0. The lowest BCUT2D eigenvalue weighted by molar-refractivity contribution is -0.140. The van der Waals surface area contributed by atoms with Crippen molar-refractivity contribution in [3.63, 3.8) is 0 Å². The second-order valence-electron chi connectivity index (χ2n) is 11.3. The van der Waals surface area contributed by atoms with Crippen LogP contribution >= 0.6 is 15.9 Å². The Kier molecular flexibility index (Phi) is 11.6. The van der Waals surface area contributed by atoms with Crippen molar-refractivity contribution >= 4 is 43.5 Å². The van der Waals surface area contributed by atoms with E-state index in [1.165, 1.54) is 4.90 Å². The van der Waals surface area contributed by atoms with Crippen LogP contribution in [0.25, 0.3) is 0 Å². The first-order valence-corrected chi connectivity index (χ1v) is 17.3. The summed E-state index contributed by atoms with van der Waals surface area (Å²) in [5.41, 5.74) is 3.72. The number of amides is 2. The first kappa shape index (κ1) is 33.9. The summed E-state index contributed by atoms with van der Waals surface area (Å²) >= 11 is 3.47. The molecule has 2 amide bonds. The van der Waals surface area contributed by atoms with Crippen LogP contribution in [0.5, 0.6) is 0 Å². The molecule has 0 aliphatic heterocycles. The molecule has 45 heavy (non-hydrogen) atoms. The van der Waals surface area contributed by atoms with Gasteiger partial charge in [0.15, 0.2) is 0 Å². The highest BCUT2D eigenvalue weighted by Gasteiger charge is 2.35. The topological polar surface area (TPSA) is 86.8 Å². The number of nitrogens with one attached hydrogen (secondary N) is 1. The van der Waals surface area contributed by atoms with Gasteiger partial charge in [0.1, 0.15) is 12.6 Å². The predicted molar refractivity (Wildman–Crippen MR) is 183 cm³/mol. The van der Waals surface area contributed by atoms with E-state index in [2.05, 4.69) is 21.2 Å². The van der Waals surface area contributed by atoms with Gasteiger partial charge in [0.05, 0.1) is 10.6 Å². The summed E-state index contributed by atoms with van der Waals surface area (Å²) in [5, 5.41) is 3.06. The Morgan fingerprint density at radius 3 is 2.07 bits per heavy atom. The number of nitrogens with zero attached hydrogens (tertiary/aromatic N) is 2. The number of carbonyl (C=O) groups excluding carboxylic acids is 2. The third-order valence-corrected chi connectivity index (χ3v) is 10.1. The number of hydrogen-bond donors (Lipinski definition) is 1. The Bertz CT molecular complexity index is 1690. The van der Waals surface area contributed by atoms with E-state index in [1.807, 2.05) is 94.4 Å². The third-order valence-electron chi connectivity index (χ3n) is 7.81. The van der Waals surface area contributed by atoms with Crippen molar-refractivity contribution < 1.29 is 18.0 Å². The van der Waals surface area contributed by atoms with E-state index in [-0.39, 0.29) is 29.8 Å². The molecule has 0 saturated heterocycles. The second kappa shape index (κ2) is 15.4. The van der Waals surface area contributed by atoms with E-state index in [1.54, 1.807) is 36.4 Å². The van der Waals surface area contributed by atoms with Gasteiger partial charge >= 0.3 is 0 Å². The van der Waals surface area contributed by atoms with Crippen molar-refractivity contribution in [2.45, 2.75) is 64.1 Å². The summed E-state index contributed by atoms with van der Waals surface area (Å²) < 4.78 is 30.4. The van der Waals surface area contributed by atoms with Gasteiger partial charge in [-0.2, -0.15) is 0 Å². The summed E-state index contributed by atoms with van der Waals surface area (Å²) in [6.45, 7) is 7.23. The highest BCUT2D eigenvalue weighted by Crippen LogP contribution is 2.28. The number of anilines is 1. The summed E-state index contributed by atoms with van der Waals surface area (Å²) in [7, 11) is -4.15. The van der Waals surface area contributed by atoms with Gasteiger partial charge < -0.3 is 10.2 Å². The number of aryl methyl sites for hydroxylation is 2. The highest BCUT2D eigenvalue weighted by molar-refractivity contribution is 9.10. The van der Waals surface area contributed by atoms with E-state index in [9.17, 15) is 18.0 Å². The molecule has 9 heteroatoms. The Balaban J connectivity index is 1.81. The van der Waals surface area contributed by atoms with Crippen molar-refractivity contribution in [3.8, 4) is 0 Å². The lowest BCUT2D eigenvalue weighted by Crippen LogP contribution is -2.54. The lowest BCUT2D eigenvalue weighted by atomic mass is 10.0. The van der Waals surface area contributed by atoms with Crippen LogP contribution in [0.2, 0.25) is 0 Å². The second-order valence-corrected chi connectivity index (χ2v) is 14.1. The average molecular weight is 691 g/mol. The number of sulfonamides is 1. The molecule has 2 unspecified atom stereocenters. The molecule has 1 N–H and O–H groups in total. The summed E-state index contributed by atoms with van der Waals surface area (Å²) in [6.07, 6.45) is 0.987. The van der Waals surface area contributed by atoms with Crippen LogP contribution in [0.15, 0.2) is 112 Å². The van der Waals surface area contributed by atoms with Crippen LogP contribution in [0.3, 0.4) is 0 Å². The van der Waals surface area contributed by atoms with E-state index >= 15 is 0 Å². The van der Waals surface area contributed by atoms with Crippen LogP contribution in [0.1, 0.15) is 42.5 Å². The van der Waals surface area contributed by atoms with Gasteiger partial charge in [0, 0.05) is 23.5 Å². The van der Waals surface area contributed by atoms with Gasteiger partial charge in [-0.05, 0) is 74.2 Å². The molecule has 0 aromatic heterocycles. The molecule has 4 rings (SSSR count). The molecular formula is C36H40BrN3O4S. The summed E-state index contributed by atoms with van der Waals surface area (Å²) in [6, 6.07) is 29.8. The van der Waals surface area contributed by atoms with Crippen LogP contribution in [0, 0.1) is 13.8 Å². The van der Waals surface area contributed by atoms with Crippen molar-refractivity contribution in [3.05, 3.63) is 130 Å². The van der Waals surface area contributed by atoms with Crippen LogP contribution < -0.4 is 9.62 Å². The van der Waals surface area contributed by atoms with Crippen LogP contribution in [-0.4, -0.2) is 43.8 Å². The fourth-order valence-corrected chi connectivity index (χ4v) is 6.72. The maximum atomic E-state index is 14.6. The van der Waals surface area contributed by atoms with Crippen LogP contribution in [0.4, 0.5) is 5.69 Å². The smallest absolute Gasteiger partial charge is 0.264 e. The molecule has 0 aliphatic rings. The molecule has 0 saturated carbocycles. The molecule has 0 fully saturated rings. The molecule has 0 heterocycles. The number of halogens is 1. The average Bonchev–Trinajstić information content (AvgIpc) is 3.03. The molecule has 0 radical (unpaired) electrons. The molecule has 0 spiro atoms. The molecule has 4 aromatic carbocycles. The number of benzene rings is 4. The van der Waals surface area contributed by atoms with E-state index in [4.69, 9.17) is 0 Å². The monoisotopic (exact) mass is 689 g/mol. The zero-order valence-corrected chi connectivity index (χ0v) is 28.5. The van der Waals surface area contributed by atoms with Gasteiger partial charge in [-0.25, -0.2) is 8.42 Å². The van der Waals surface area contributed by atoms with E-state index in [0.717, 1.165) is 31.9 Å². The number of para-hydroxylation sites is 1. The highest BCUT2D eigenvalue weighted by atomic mass is 79.9. The normalized spacial score (nSPS) is 12.6. The fourth-order valence-electron chi connectivity index (χ4n) is 4.98. The SMILES string of the molecule is CCC(C)NC(=O)C(Cc1ccccc1)N(Cc1ccc(Br)cc1)C(=O)CN(c1ccccc1C)S(=O)(=O)c1ccc(C)cc1. The molecule has 2 atom stereocenters. The molecule has 7 nitrogen and oxygen atoms in total. The molecular weight excluding hydrogens is 650 g/mol. The number of hydrogen-bond acceptors (Lipinski definition) is 4. The molecule has 236 valence electrons. The van der Waals surface area contributed by atoms with Crippen molar-refractivity contribution in [2.75, 3.05) is 10.8 Å². The third kappa shape index (κ3) is 8.83. The largest absolute Gasteiger partial charge is 0.352 e. The maximum Gasteiger partial charge on any atom is 0.264 e. The molecule has 0 aliphatic carbocycles. The van der Waals surface area contributed by atoms with Crippen molar-refractivity contribution in [1.82, 2.24) is 10.2 Å². The van der Waals surface area contributed by atoms with Gasteiger partial charge in [-0.3, -0.25) is 13.9 Å². The van der Waals surface area contributed by atoms with Gasteiger partial charge in [-0.1, -0.05) is 101 Å². The predicted octanol–water partition coefficient (Wildman–Crippen LogP) is 6.82. The standard InChI is InChI=1S/C36H40BrN3O4S/c1-5-28(4)38-36(42)34(23-29-12-7-6-8-13-29)39(24-30-17-19-31(37)20-18-30)35(41)25-40(33-14-10-9-11-27(33)3)45(43,44)32-21-15-26(2)16-22-32/h6-22,28,34H,5,23-25H2,1-4H3,(H,38,42). The van der Waals surface area contributed by atoms with Crippen molar-refractivity contribution in [2.24, 2.45) is 0 Å². The summed E-state index contributed by atoms with van der Waals surface area (Å²) in [5.74, 6) is -0.778. The fraction of sp³-hybridized carbons (Fsp3) is 0.278. The van der Waals surface area contributed by atoms with Gasteiger partial charge in [0.2, 0.25) is 11.8 Å². The Morgan fingerprint density at radius 1 is 0.822 bits per heavy atom. The van der Waals surface area contributed by atoms with E-state index < -0.39 is 28.5 Å². The van der Waals surface area contributed by atoms with Crippen LogP contribution in [-0.2, 0) is 32.6 Å². The molecule has 4 aromatic rings. The Labute approximate surface area is 275 Å². The quantitative estimate of drug-likeness (QED) is 0.167. The van der Waals surface area contributed by atoms with E-state index in [0.29, 0.717) is 11.3 Å². The lowest BCUT2D eigenvalue weighted by Gasteiger charge is -2.34. The van der Waals surface area contributed by atoms with Gasteiger partial charge in [-0.15, -0.1) is 0 Å². The molecule has 0 bridgehead atoms. The maximum absolute atomic E-state index is 14.6. The number of rotatable bonds is 13.